The molecule has 2 aromatic heterocycles. The molecular weight excluding hydrogens is 260 g/mol. The van der Waals surface area contributed by atoms with Crippen LogP contribution in [0.15, 0.2) is 18.3 Å². The van der Waals surface area contributed by atoms with Crippen LogP contribution in [0.3, 0.4) is 0 Å². The molecule has 1 aliphatic rings. The van der Waals surface area contributed by atoms with E-state index in [-0.39, 0.29) is 0 Å². The number of anilines is 1. The Balaban J connectivity index is 2.09. The predicted octanol–water partition coefficient (Wildman–Crippen LogP) is 3.11. The molecule has 1 N–H and O–H groups in total. The van der Waals surface area contributed by atoms with Crippen LogP contribution < -0.4 is 5.32 Å². The molecule has 0 saturated carbocycles. The highest BCUT2D eigenvalue weighted by molar-refractivity contribution is 6.30. The minimum Gasteiger partial charge on any atom is -0.373 e. The van der Waals surface area contributed by atoms with Crippen molar-refractivity contribution in [2.45, 2.75) is 25.7 Å². The van der Waals surface area contributed by atoms with E-state index >= 15 is 0 Å². The molecule has 0 saturated heterocycles. The van der Waals surface area contributed by atoms with Crippen molar-refractivity contribution in [1.82, 2.24) is 15.0 Å². The minimum atomic E-state index is 0.621. The summed E-state index contributed by atoms with van der Waals surface area (Å²) in [5.74, 6) is 1.60. The number of nitrogens with zero attached hydrogens (tertiary/aromatic N) is 3. The first-order valence-electron chi connectivity index (χ1n) is 6.47. The molecule has 0 atom stereocenters. The molecule has 1 aliphatic carbocycles. The molecule has 0 radical (unpaired) electrons. The zero-order valence-corrected chi connectivity index (χ0v) is 11.5. The lowest BCUT2D eigenvalue weighted by Crippen LogP contribution is -2.12. The Bertz CT molecular complexity index is 578. The smallest absolute Gasteiger partial charge is 0.180 e. The van der Waals surface area contributed by atoms with Gasteiger partial charge in [-0.05, 0) is 37.8 Å². The highest BCUT2D eigenvalue weighted by atomic mass is 35.5. The second kappa shape index (κ2) is 5.13. The van der Waals surface area contributed by atoms with Crippen LogP contribution in [0.25, 0.3) is 11.5 Å². The summed E-state index contributed by atoms with van der Waals surface area (Å²) < 4.78 is 0. The van der Waals surface area contributed by atoms with Crippen molar-refractivity contribution in [3.05, 3.63) is 34.6 Å². The lowest BCUT2D eigenvalue weighted by atomic mass is 9.96. The van der Waals surface area contributed by atoms with Crippen molar-refractivity contribution in [3.63, 3.8) is 0 Å². The maximum Gasteiger partial charge on any atom is 0.180 e. The van der Waals surface area contributed by atoms with Crippen LogP contribution in [0.1, 0.15) is 24.1 Å². The molecule has 0 aliphatic heterocycles. The van der Waals surface area contributed by atoms with E-state index in [0.29, 0.717) is 10.8 Å². The zero-order chi connectivity index (χ0) is 13.2. The Morgan fingerprint density at radius 2 is 2.00 bits per heavy atom. The quantitative estimate of drug-likeness (QED) is 0.914. The molecule has 0 bridgehead atoms. The number of pyridine rings is 1. The van der Waals surface area contributed by atoms with Crippen LogP contribution in [-0.2, 0) is 12.8 Å². The van der Waals surface area contributed by atoms with E-state index in [1.54, 1.807) is 6.20 Å². The fraction of sp³-hybridized carbons (Fsp3) is 0.357. The van der Waals surface area contributed by atoms with Gasteiger partial charge in [0.25, 0.3) is 0 Å². The van der Waals surface area contributed by atoms with Crippen LogP contribution >= 0.6 is 11.6 Å². The molecule has 5 heteroatoms. The van der Waals surface area contributed by atoms with Crippen molar-refractivity contribution in [3.8, 4) is 11.5 Å². The van der Waals surface area contributed by atoms with E-state index in [2.05, 4.69) is 20.3 Å². The summed E-state index contributed by atoms with van der Waals surface area (Å²) in [6.45, 7) is 0. The van der Waals surface area contributed by atoms with Gasteiger partial charge in [-0.1, -0.05) is 11.6 Å². The molecule has 2 aromatic rings. The first-order chi connectivity index (χ1) is 9.28. The average Bonchev–Trinajstić information content (AvgIpc) is 2.47. The van der Waals surface area contributed by atoms with E-state index in [1.165, 1.54) is 18.4 Å². The highest BCUT2D eigenvalue weighted by Crippen LogP contribution is 2.27. The molecule has 98 valence electrons. The maximum atomic E-state index is 5.86. The number of fused-ring (bicyclic) bond motifs is 1. The molecule has 3 rings (SSSR count). The van der Waals surface area contributed by atoms with Gasteiger partial charge in [-0.25, -0.2) is 9.97 Å². The molecule has 0 unspecified atom stereocenters. The number of aryl methyl sites for hydroxylation is 1. The summed E-state index contributed by atoms with van der Waals surface area (Å²) in [6, 6.07) is 3.66. The topological polar surface area (TPSA) is 50.7 Å². The van der Waals surface area contributed by atoms with Crippen molar-refractivity contribution in [1.29, 1.82) is 0 Å². The number of hydrogen-bond donors (Lipinski definition) is 1. The Morgan fingerprint density at radius 3 is 2.74 bits per heavy atom. The summed E-state index contributed by atoms with van der Waals surface area (Å²) in [5.41, 5.74) is 3.16. The van der Waals surface area contributed by atoms with Crippen molar-refractivity contribution >= 4 is 17.4 Å². The lowest BCUT2D eigenvalue weighted by Gasteiger charge is -2.18. The SMILES string of the molecule is CNc1nc(-c2ccc(Cl)cn2)nc2c1CCCC2. The molecule has 4 nitrogen and oxygen atoms in total. The number of hydrogen-bond acceptors (Lipinski definition) is 4. The molecule has 0 fully saturated rings. The normalized spacial score (nSPS) is 14.0. The fourth-order valence-electron chi connectivity index (χ4n) is 2.42. The number of halogens is 1. The average molecular weight is 275 g/mol. The highest BCUT2D eigenvalue weighted by Gasteiger charge is 2.18. The molecule has 19 heavy (non-hydrogen) atoms. The fourth-order valence-corrected chi connectivity index (χ4v) is 2.54. The van der Waals surface area contributed by atoms with Crippen LogP contribution in [0.4, 0.5) is 5.82 Å². The molecular formula is C14H15ClN4. The summed E-state index contributed by atoms with van der Waals surface area (Å²) in [7, 11) is 1.90. The number of rotatable bonds is 2. The van der Waals surface area contributed by atoms with E-state index in [0.717, 1.165) is 30.0 Å². The van der Waals surface area contributed by atoms with Crippen LogP contribution in [-0.4, -0.2) is 22.0 Å². The van der Waals surface area contributed by atoms with E-state index in [4.69, 9.17) is 11.6 Å². The second-order valence-corrected chi connectivity index (χ2v) is 5.08. The Kier molecular flexibility index (Phi) is 3.34. The van der Waals surface area contributed by atoms with Crippen molar-refractivity contribution in [2.24, 2.45) is 0 Å². The van der Waals surface area contributed by atoms with Crippen LogP contribution in [0.5, 0.6) is 0 Å². The first kappa shape index (κ1) is 12.4. The van der Waals surface area contributed by atoms with Gasteiger partial charge in [-0.3, -0.25) is 4.98 Å². The van der Waals surface area contributed by atoms with Gasteiger partial charge in [0.15, 0.2) is 5.82 Å². The Hall–Kier alpha value is -1.68. The van der Waals surface area contributed by atoms with Crippen LogP contribution in [0.2, 0.25) is 5.02 Å². The first-order valence-corrected chi connectivity index (χ1v) is 6.85. The molecule has 2 heterocycles. The van der Waals surface area contributed by atoms with Crippen LogP contribution in [0, 0.1) is 0 Å². The van der Waals surface area contributed by atoms with Gasteiger partial charge in [-0.2, -0.15) is 0 Å². The van der Waals surface area contributed by atoms with Gasteiger partial charge >= 0.3 is 0 Å². The largest absolute Gasteiger partial charge is 0.373 e. The van der Waals surface area contributed by atoms with Gasteiger partial charge in [0, 0.05) is 24.5 Å². The third-order valence-corrected chi connectivity index (χ3v) is 3.60. The monoisotopic (exact) mass is 274 g/mol. The second-order valence-electron chi connectivity index (χ2n) is 4.64. The predicted molar refractivity (Wildman–Crippen MR) is 76.5 cm³/mol. The zero-order valence-electron chi connectivity index (χ0n) is 10.8. The van der Waals surface area contributed by atoms with Gasteiger partial charge in [0.2, 0.25) is 0 Å². The third-order valence-electron chi connectivity index (χ3n) is 3.38. The molecule has 0 amide bonds. The summed E-state index contributed by atoms with van der Waals surface area (Å²) >= 11 is 5.86. The third kappa shape index (κ3) is 2.40. The molecule has 0 spiro atoms. The van der Waals surface area contributed by atoms with Gasteiger partial charge in [0.05, 0.1) is 5.02 Å². The van der Waals surface area contributed by atoms with Gasteiger partial charge in [-0.15, -0.1) is 0 Å². The van der Waals surface area contributed by atoms with Gasteiger partial charge < -0.3 is 5.32 Å². The summed E-state index contributed by atoms with van der Waals surface area (Å²) in [4.78, 5) is 13.5. The molecule has 0 aromatic carbocycles. The standard InChI is InChI=1S/C14H15ClN4/c1-16-13-10-4-2-3-5-11(10)18-14(19-13)12-7-6-9(15)8-17-12/h6-8H,2-5H2,1H3,(H,16,18,19). The Morgan fingerprint density at radius 1 is 1.16 bits per heavy atom. The van der Waals surface area contributed by atoms with Crippen molar-refractivity contribution < 1.29 is 0 Å². The summed E-state index contributed by atoms with van der Waals surface area (Å²) in [5, 5.41) is 3.79. The van der Waals surface area contributed by atoms with E-state index < -0.39 is 0 Å². The lowest BCUT2D eigenvalue weighted by molar-refractivity contribution is 0.665. The minimum absolute atomic E-state index is 0.621. The number of aromatic nitrogens is 3. The number of nitrogens with one attached hydrogen (secondary N) is 1. The Labute approximate surface area is 117 Å². The maximum absolute atomic E-state index is 5.86. The van der Waals surface area contributed by atoms with Gasteiger partial charge in [0.1, 0.15) is 11.5 Å². The summed E-state index contributed by atoms with van der Waals surface area (Å²) in [6.07, 6.45) is 6.11. The van der Waals surface area contributed by atoms with E-state index in [9.17, 15) is 0 Å². The van der Waals surface area contributed by atoms with Crippen molar-refractivity contribution in [2.75, 3.05) is 12.4 Å². The van der Waals surface area contributed by atoms with E-state index in [1.807, 2.05) is 19.2 Å².